The van der Waals surface area contributed by atoms with Gasteiger partial charge >= 0.3 is 0 Å². The number of hydrogen-bond acceptors (Lipinski definition) is 4. The van der Waals surface area contributed by atoms with Gasteiger partial charge in [0.05, 0.1) is 18.9 Å². The van der Waals surface area contributed by atoms with E-state index >= 15 is 0 Å². The average Bonchev–Trinajstić information content (AvgIpc) is 1.87. The summed E-state index contributed by atoms with van der Waals surface area (Å²) >= 11 is -1.42. The molecule has 0 spiro atoms. The van der Waals surface area contributed by atoms with Crippen molar-refractivity contribution in [2.75, 3.05) is 12.9 Å². The maximum atomic E-state index is 10.6. The van der Waals surface area contributed by atoms with E-state index in [0.29, 0.717) is 0 Å². The molecule has 0 fully saturated rings. The monoisotopic (exact) mass is 165 g/mol. The van der Waals surface area contributed by atoms with E-state index in [1.54, 1.807) is 0 Å². The molecule has 60 valence electrons. The summed E-state index contributed by atoms with van der Waals surface area (Å²) in [4.78, 5) is 10.5. The van der Waals surface area contributed by atoms with Crippen LogP contribution in [0, 0.1) is 0 Å². The zero-order chi connectivity index (χ0) is 8.15. The van der Waals surface area contributed by atoms with Gasteiger partial charge in [0.1, 0.15) is 5.78 Å². The van der Waals surface area contributed by atoms with Gasteiger partial charge < -0.3 is 5.73 Å². The highest BCUT2D eigenvalue weighted by Gasteiger charge is 2.11. The molecule has 0 aliphatic carbocycles. The van der Waals surface area contributed by atoms with Gasteiger partial charge in [0.2, 0.25) is 0 Å². The van der Waals surface area contributed by atoms with E-state index in [1.807, 2.05) is 0 Å². The Morgan fingerprint density at radius 1 is 1.80 bits per heavy atom. The molecule has 2 N–H and O–H groups in total. The molecule has 10 heavy (non-hydrogen) atoms. The Labute approximate surface area is 62.4 Å². The Kier molecular flexibility index (Phi) is 4.42. The lowest BCUT2D eigenvalue weighted by atomic mass is 10.3. The number of carbonyl (C=O) groups is 1. The van der Waals surface area contributed by atoms with E-state index in [4.69, 9.17) is 5.73 Å². The second-order valence-electron chi connectivity index (χ2n) is 1.85. The second kappa shape index (κ2) is 4.54. The van der Waals surface area contributed by atoms with Crippen LogP contribution in [0.15, 0.2) is 0 Å². The largest absolute Gasteiger partial charge is 0.321 e. The highest BCUT2D eigenvalue weighted by molar-refractivity contribution is 7.80. The van der Waals surface area contributed by atoms with E-state index in [1.165, 1.54) is 14.0 Å². The molecule has 0 bridgehead atoms. The lowest BCUT2D eigenvalue weighted by Gasteiger charge is -2.04. The molecule has 5 heteroatoms. The van der Waals surface area contributed by atoms with E-state index in [2.05, 4.69) is 4.18 Å². The maximum Gasteiger partial charge on any atom is 0.157 e. The molecular formula is C5H11NO3S. The van der Waals surface area contributed by atoms with Gasteiger partial charge in [-0.05, 0) is 6.92 Å². The Hall–Kier alpha value is -0.260. The van der Waals surface area contributed by atoms with Gasteiger partial charge in [-0.25, -0.2) is 4.21 Å². The topological polar surface area (TPSA) is 69.4 Å². The second-order valence-corrected chi connectivity index (χ2v) is 3.13. The van der Waals surface area contributed by atoms with Gasteiger partial charge in [-0.3, -0.25) is 8.98 Å². The summed E-state index contributed by atoms with van der Waals surface area (Å²) in [6, 6.07) is -0.666. The summed E-state index contributed by atoms with van der Waals surface area (Å²) in [5.74, 6) is -0.100. The molecule has 0 rings (SSSR count). The lowest BCUT2D eigenvalue weighted by Crippen LogP contribution is -2.34. The summed E-state index contributed by atoms with van der Waals surface area (Å²) in [6.07, 6.45) is 0. The maximum absolute atomic E-state index is 10.6. The van der Waals surface area contributed by atoms with Crippen molar-refractivity contribution in [1.82, 2.24) is 0 Å². The van der Waals surface area contributed by atoms with Crippen LogP contribution in [-0.2, 0) is 20.1 Å². The van der Waals surface area contributed by atoms with Crippen molar-refractivity contribution in [3.63, 3.8) is 0 Å². The van der Waals surface area contributed by atoms with Crippen molar-refractivity contribution in [2.24, 2.45) is 5.73 Å². The van der Waals surface area contributed by atoms with Crippen molar-refractivity contribution in [3.05, 3.63) is 0 Å². The lowest BCUT2D eigenvalue weighted by molar-refractivity contribution is -0.117. The molecule has 0 aromatic rings. The molecule has 0 aliphatic heterocycles. The summed E-state index contributed by atoms with van der Waals surface area (Å²) in [5, 5.41) is 0. The van der Waals surface area contributed by atoms with E-state index in [9.17, 15) is 9.00 Å². The standard InChI is InChI=1S/C5H11NO3S/c1-4(7)5(6)3-10(8)9-2/h5H,3,6H2,1-2H3. The summed E-state index contributed by atoms with van der Waals surface area (Å²) in [5.41, 5.74) is 5.27. The number of ketones is 1. The van der Waals surface area contributed by atoms with Crippen LogP contribution < -0.4 is 5.73 Å². The van der Waals surface area contributed by atoms with Crippen molar-refractivity contribution < 1.29 is 13.2 Å². The van der Waals surface area contributed by atoms with Crippen LogP contribution >= 0.6 is 0 Å². The average molecular weight is 165 g/mol. The number of nitrogens with two attached hydrogens (primary N) is 1. The first-order valence-corrected chi connectivity index (χ1v) is 4.01. The van der Waals surface area contributed by atoms with Gasteiger partial charge in [0.25, 0.3) is 0 Å². The molecule has 0 saturated carbocycles. The summed E-state index contributed by atoms with van der Waals surface area (Å²) in [7, 11) is 1.31. The van der Waals surface area contributed by atoms with E-state index < -0.39 is 17.1 Å². The van der Waals surface area contributed by atoms with Crippen molar-refractivity contribution in [3.8, 4) is 0 Å². The predicted octanol–water partition coefficient (Wildman–Crippen LogP) is -0.787. The molecule has 0 heterocycles. The van der Waals surface area contributed by atoms with Crippen LogP contribution in [0.3, 0.4) is 0 Å². The normalized spacial score (nSPS) is 16.3. The van der Waals surface area contributed by atoms with Crippen LogP contribution in [0.25, 0.3) is 0 Å². The van der Waals surface area contributed by atoms with Crippen molar-refractivity contribution in [1.29, 1.82) is 0 Å². The first kappa shape index (κ1) is 9.74. The van der Waals surface area contributed by atoms with E-state index in [-0.39, 0.29) is 11.5 Å². The number of rotatable bonds is 4. The van der Waals surface area contributed by atoms with Crippen LogP contribution in [0.1, 0.15) is 6.92 Å². The van der Waals surface area contributed by atoms with Crippen molar-refractivity contribution >= 4 is 16.9 Å². The Morgan fingerprint density at radius 2 is 2.30 bits per heavy atom. The molecule has 0 aliphatic rings. The minimum absolute atomic E-state index is 0.0752. The summed E-state index contributed by atoms with van der Waals surface area (Å²) in [6.45, 7) is 1.36. The van der Waals surface area contributed by atoms with Gasteiger partial charge in [0, 0.05) is 0 Å². The number of Topliss-reactive ketones (excluding diaryl/α,β-unsaturated/α-hetero) is 1. The molecule has 2 atom stereocenters. The highest BCUT2D eigenvalue weighted by Crippen LogP contribution is 1.87. The Balaban J connectivity index is 3.68. The van der Waals surface area contributed by atoms with Gasteiger partial charge in [-0.1, -0.05) is 0 Å². The number of carbonyl (C=O) groups excluding carboxylic acids is 1. The van der Waals surface area contributed by atoms with E-state index in [0.717, 1.165) is 0 Å². The zero-order valence-corrected chi connectivity index (χ0v) is 6.81. The third-order valence-electron chi connectivity index (χ3n) is 1.02. The predicted molar refractivity (Wildman–Crippen MR) is 38.7 cm³/mol. The quantitative estimate of drug-likeness (QED) is 0.593. The minimum atomic E-state index is -1.42. The Morgan fingerprint density at radius 3 is 2.60 bits per heavy atom. The molecule has 0 amide bonds. The molecule has 0 saturated heterocycles. The van der Waals surface area contributed by atoms with Crippen molar-refractivity contribution in [2.45, 2.75) is 13.0 Å². The van der Waals surface area contributed by atoms with Gasteiger partial charge in [0.15, 0.2) is 11.1 Å². The van der Waals surface area contributed by atoms with Crippen LogP contribution in [0.5, 0.6) is 0 Å². The fourth-order valence-corrected chi connectivity index (χ4v) is 0.996. The zero-order valence-electron chi connectivity index (χ0n) is 5.99. The first-order valence-electron chi connectivity index (χ1n) is 2.76. The molecular weight excluding hydrogens is 154 g/mol. The fourth-order valence-electron chi connectivity index (χ4n) is 0.332. The Bertz CT molecular complexity index is 148. The number of hydrogen-bond donors (Lipinski definition) is 1. The summed E-state index contributed by atoms with van der Waals surface area (Å²) < 4.78 is 15.0. The fraction of sp³-hybridized carbons (Fsp3) is 0.800. The first-order chi connectivity index (χ1) is 4.57. The molecule has 0 aromatic heterocycles. The van der Waals surface area contributed by atoms with Gasteiger partial charge in [-0.2, -0.15) is 0 Å². The van der Waals surface area contributed by atoms with Crippen LogP contribution in [0.2, 0.25) is 0 Å². The third kappa shape index (κ3) is 3.71. The van der Waals surface area contributed by atoms with Crippen LogP contribution in [0.4, 0.5) is 0 Å². The van der Waals surface area contributed by atoms with Crippen LogP contribution in [-0.4, -0.2) is 28.9 Å². The molecule has 0 aromatic carbocycles. The molecule has 2 unspecified atom stereocenters. The smallest absolute Gasteiger partial charge is 0.157 e. The molecule has 4 nitrogen and oxygen atoms in total. The van der Waals surface area contributed by atoms with Gasteiger partial charge in [-0.15, -0.1) is 0 Å². The third-order valence-corrected chi connectivity index (χ3v) is 2.03. The molecule has 0 radical (unpaired) electrons. The highest BCUT2D eigenvalue weighted by atomic mass is 32.2. The minimum Gasteiger partial charge on any atom is -0.321 e. The SMILES string of the molecule is COS(=O)CC(N)C(C)=O.